The minimum absolute atomic E-state index is 0.103. The van der Waals surface area contributed by atoms with E-state index < -0.39 is 0 Å². The van der Waals surface area contributed by atoms with Crippen molar-refractivity contribution < 1.29 is 9.47 Å². The first kappa shape index (κ1) is 16.0. The lowest BCUT2D eigenvalue weighted by molar-refractivity contribution is 0.0654. The molecular weight excluding hydrogens is 338 g/mol. The van der Waals surface area contributed by atoms with Gasteiger partial charge in [0.25, 0.3) is 0 Å². The fraction of sp³-hybridized carbons (Fsp3) is 0.182. The van der Waals surface area contributed by atoms with Gasteiger partial charge in [-0.2, -0.15) is 0 Å². The van der Waals surface area contributed by atoms with Gasteiger partial charge in [0.1, 0.15) is 11.8 Å². The summed E-state index contributed by atoms with van der Waals surface area (Å²) in [6.45, 7) is 0.686. The first-order chi connectivity index (χ1) is 13.3. The molecule has 0 aliphatic carbocycles. The van der Waals surface area contributed by atoms with Crippen LogP contribution in [0.2, 0.25) is 0 Å². The smallest absolute Gasteiger partial charge is 0.212 e. The van der Waals surface area contributed by atoms with Crippen molar-refractivity contribution in [2.24, 2.45) is 0 Å². The molecule has 134 valence electrons. The summed E-state index contributed by atoms with van der Waals surface area (Å²) < 4.78 is 13.5. The molecule has 1 aliphatic rings. The molecule has 4 heterocycles. The monoisotopic (exact) mass is 357 g/mol. The van der Waals surface area contributed by atoms with Crippen LogP contribution >= 0.6 is 0 Å². The number of hydrogen-bond acceptors (Lipinski definition) is 4. The molecule has 0 N–H and O–H groups in total. The maximum atomic E-state index is 6.14. The summed E-state index contributed by atoms with van der Waals surface area (Å²) in [4.78, 5) is 9.16. The topological polar surface area (TPSA) is 48.7 Å². The van der Waals surface area contributed by atoms with E-state index in [4.69, 9.17) is 14.5 Å². The van der Waals surface area contributed by atoms with Gasteiger partial charge >= 0.3 is 0 Å². The molecule has 4 aromatic rings. The summed E-state index contributed by atoms with van der Waals surface area (Å²) in [6.07, 6.45) is 4.68. The van der Waals surface area contributed by atoms with Crippen molar-refractivity contribution in [2.75, 3.05) is 13.7 Å². The number of benzene rings is 1. The van der Waals surface area contributed by atoms with Gasteiger partial charge in [0.2, 0.25) is 5.88 Å². The van der Waals surface area contributed by atoms with Crippen molar-refractivity contribution >= 4 is 5.65 Å². The summed E-state index contributed by atoms with van der Waals surface area (Å²) in [5, 5.41) is 0. The Bertz CT molecular complexity index is 1090. The number of fused-ring (bicyclic) bond motifs is 3. The van der Waals surface area contributed by atoms with Crippen LogP contribution in [0.5, 0.6) is 5.88 Å². The van der Waals surface area contributed by atoms with Gasteiger partial charge in [-0.15, -0.1) is 0 Å². The standard InChI is InChI=1S/C22H19N3O2/c1-26-20-10-8-16(13-23-20)17-7-9-19-24-18-11-12-27-22(21(18)25(19)14-17)15-5-3-2-4-6-15/h2-10,13-14,22H,11-12H2,1H3. The number of ether oxygens (including phenoxy) is 2. The van der Waals surface area contributed by atoms with E-state index in [1.807, 2.05) is 36.5 Å². The van der Waals surface area contributed by atoms with Crippen LogP contribution in [-0.4, -0.2) is 28.1 Å². The van der Waals surface area contributed by atoms with Gasteiger partial charge in [0.05, 0.1) is 25.1 Å². The lowest BCUT2D eigenvalue weighted by Crippen LogP contribution is -2.18. The van der Waals surface area contributed by atoms with Crippen LogP contribution in [0, 0.1) is 0 Å². The fourth-order valence-electron chi connectivity index (χ4n) is 3.65. The molecule has 1 atom stereocenters. The van der Waals surface area contributed by atoms with E-state index in [1.165, 1.54) is 0 Å². The molecule has 0 spiro atoms. The number of rotatable bonds is 3. The molecule has 0 bridgehead atoms. The summed E-state index contributed by atoms with van der Waals surface area (Å²) >= 11 is 0. The van der Waals surface area contributed by atoms with Crippen LogP contribution in [-0.2, 0) is 11.2 Å². The van der Waals surface area contributed by atoms with Gasteiger partial charge in [0.15, 0.2) is 0 Å². The minimum atomic E-state index is -0.103. The number of pyridine rings is 2. The van der Waals surface area contributed by atoms with Crippen LogP contribution in [0.1, 0.15) is 23.1 Å². The first-order valence-corrected chi connectivity index (χ1v) is 9.01. The van der Waals surface area contributed by atoms with Gasteiger partial charge in [-0.05, 0) is 23.8 Å². The molecule has 0 saturated heterocycles. The zero-order valence-electron chi connectivity index (χ0n) is 15.0. The maximum absolute atomic E-state index is 6.14. The Labute approximate surface area is 157 Å². The molecule has 5 rings (SSSR count). The van der Waals surface area contributed by atoms with Gasteiger partial charge < -0.3 is 13.9 Å². The van der Waals surface area contributed by atoms with Crippen molar-refractivity contribution in [3.8, 4) is 17.0 Å². The molecule has 27 heavy (non-hydrogen) atoms. The highest BCUT2D eigenvalue weighted by atomic mass is 16.5. The summed E-state index contributed by atoms with van der Waals surface area (Å²) in [7, 11) is 1.62. The van der Waals surface area contributed by atoms with Crippen molar-refractivity contribution in [3.63, 3.8) is 0 Å². The molecule has 3 aromatic heterocycles. The SMILES string of the molecule is COc1ccc(-c2ccc3nc4c(n3c2)C(c2ccccc2)OCC4)cn1. The van der Waals surface area contributed by atoms with Crippen LogP contribution < -0.4 is 4.74 Å². The average molecular weight is 357 g/mol. The van der Waals surface area contributed by atoms with E-state index in [2.05, 4.69) is 39.8 Å². The zero-order valence-corrected chi connectivity index (χ0v) is 15.0. The summed E-state index contributed by atoms with van der Waals surface area (Å²) in [6, 6.07) is 18.4. The molecule has 0 amide bonds. The highest BCUT2D eigenvalue weighted by Crippen LogP contribution is 2.34. The Balaban J connectivity index is 1.64. The van der Waals surface area contributed by atoms with E-state index in [9.17, 15) is 0 Å². The Morgan fingerprint density at radius 3 is 2.67 bits per heavy atom. The van der Waals surface area contributed by atoms with Gasteiger partial charge in [-0.1, -0.05) is 30.3 Å². The lowest BCUT2D eigenvalue weighted by Gasteiger charge is -2.23. The van der Waals surface area contributed by atoms with Gasteiger partial charge in [0, 0.05) is 36.0 Å². The van der Waals surface area contributed by atoms with Crippen LogP contribution in [0.4, 0.5) is 0 Å². The van der Waals surface area contributed by atoms with Crippen molar-refractivity contribution in [1.82, 2.24) is 14.4 Å². The second kappa shape index (κ2) is 6.52. The molecule has 0 radical (unpaired) electrons. The molecule has 0 fully saturated rings. The average Bonchev–Trinajstić information content (AvgIpc) is 3.12. The second-order valence-corrected chi connectivity index (χ2v) is 6.59. The number of imidazole rings is 1. The highest BCUT2D eigenvalue weighted by Gasteiger charge is 2.27. The number of nitrogens with zero attached hydrogens (tertiary/aromatic N) is 3. The molecule has 1 aromatic carbocycles. The van der Waals surface area contributed by atoms with Crippen molar-refractivity contribution in [2.45, 2.75) is 12.5 Å². The Hall–Kier alpha value is -3.18. The molecular formula is C22H19N3O2. The Kier molecular flexibility index (Phi) is 3.87. The van der Waals surface area contributed by atoms with E-state index in [0.717, 1.165) is 40.1 Å². The molecule has 5 heteroatoms. The predicted octanol–water partition coefficient (Wildman–Crippen LogP) is 4.07. The lowest BCUT2D eigenvalue weighted by atomic mass is 10.0. The Morgan fingerprint density at radius 1 is 1.04 bits per heavy atom. The second-order valence-electron chi connectivity index (χ2n) is 6.59. The Morgan fingerprint density at radius 2 is 1.89 bits per heavy atom. The van der Waals surface area contributed by atoms with E-state index in [0.29, 0.717) is 12.5 Å². The predicted molar refractivity (Wildman–Crippen MR) is 103 cm³/mol. The first-order valence-electron chi connectivity index (χ1n) is 9.01. The third-order valence-corrected chi connectivity index (χ3v) is 4.98. The summed E-state index contributed by atoms with van der Waals surface area (Å²) in [5.74, 6) is 0.609. The number of methoxy groups -OCH3 is 1. The minimum Gasteiger partial charge on any atom is -0.481 e. The third kappa shape index (κ3) is 2.76. The normalized spacial score (nSPS) is 16.3. The van der Waals surface area contributed by atoms with Gasteiger partial charge in [-0.25, -0.2) is 9.97 Å². The van der Waals surface area contributed by atoms with Crippen LogP contribution in [0.3, 0.4) is 0 Å². The van der Waals surface area contributed by atoms with E-state index >= 15 is 0 Å². The van der Waals surface area contributed by atoms with Crippen molar-refractivity contribution in [3.05, 3.63) is 83.9 Å². The van der Waals surface area contributed by atoms with Crippen LogP contribution in [0.25, 0.3) is 16.8 Å². The molecule has 5 nitrogen and oxygen atoms in total. The largest absolute Gasteiger partial charge is 0.481 e. The van der Waals surface area contributed by atoms with Crippen molar-refractivity contribution in [1.29, 1.82) is 0 Å². The zero-order chi connectivity index (χ0) is 18.2. The van der Waals surface area contributed by atoms with E-state index in [-0.39, 0.29) is 6.10 Å². The number of aromatic nitrogens is 3. The highest BCUT2D eigenvalue weighted by molar-refractivity contribution is 5.65. The summed E-state index contributed by atoms with van der Waals surface area (Å²) in [5.41, 5.74) is 6.43. The maximum Gasteiger partial charge on any atom is 0.212 e. The van der Waals surface area contributed by atoms with Gasteiger partial charge in [-0.3, -0.25) is 0 Å². The molecule has 1 unspecified atom stereocenters. The van der Waals surface area contributed by atoms with Crippen LogP contribution in [0.15, 0.2) is 67.0 Å². The molecule has 0 saturated carbocycles. The fourth-order valence-corrected chi connectivity index (χ4v) is 3.65. The molecule has 1 aliphatic heterocycles. The quantitative estimate of drug-likeness (QED) is 0.555. The van der Waals surface area contributed by atoms with E-state index in [1.54, 1.807) is 7.11 Å². The number of hydrogen-bond donors (Lipinski definition) is 0. The third-order valence-electron chi connectivity index (χ3n) is 4.98.